The van der Waals surface area contributed by atoms with Crippen molar-refractivity contribution >= 4 is 29.0 Å². The quantitative estimate of drug-likeness (QED) is 0.376. The molecule has 1 aromatic carbocycles. The summed E-state index contributed by atoms with van der Waals surface area (Å²) in [7, 11) is 3.37. The molecule has 7 heteroatoms. The molecule has 6 nitrogen and oxygen atoms in total. The Kier molecular flexibility index (Phi) is 7.33. The average Bonchev–Trinajstić information content (AvgIpc) is 2.67. The molecule has 0 aromatic heterocycles. The first-order chi connectivity index (χ1) is 12.9. The molecule has 0 aliphatic heterocycles. The number of nitrogens with one attached hydrogen (secondary N) is 3. The molecule has 2 rings (SSSR count). The molecule has 1 saturated carbocycles. The second-order valence-electron chi connectivity index (χ2n) is 6.98. The van der Waals surface area contributed by atoms with E-state index in [1.165, 1.54) is 0 Å². The highest BCUT2D eigenvalue weighted by Crippen LogP contribution is 2.48. The second-order valence-corrected chi connectivity index (χ2v) is 7.39. The lowest BCUT2D eigenvalue weighted by Gasteiger charge is -2.47. The number of carbonyl (C=O) groups excluding carboxylic acids is 2. The first kappa shape index (κ1) is 21.3. The SMILES string of the molecule is CCC(=O)c1cc(C2(CC(=O)NNC(=S)NC)CC(OC)C2)ccc1CC. The number of thiocarbonyl (C=S) groups is 1. The third-order valence-corrected chi connectivity index (χ3v) is 5.64. The van der Waals surface area contributed by atoms with Crippen LogP contribution in [0, 0.1) is 0 Å². The third-order valence-electron chi connectivity index (χ3n) is 5.34. The molecule has 1 aromatic rings. The van der Waals surface area contributed by atoms with Gasteiger partial charge < -0.3 is 10.1 Å². The molecule has 0 unspecified atom stereocenters. The first-order valence-corrected chi connectivity index (χ1v) is 9.75. The largest absolute Gasteiger partial charge is 0.381 e. The minimum atomic E-state index is -0.331. The van der Waals surface area contributed by atoms with E-state index in [2.05, 4.69) is 22.2 Å². The number of ether oxygens (including phenoxy) is 1. The Bertz CT molecular complexity index is 714. The minimum absolute atomic E-state index is 0.125. The van der Waals surface area contributed by atoms with E-state index in [0.717, 1.165) is 36.0 Å². The molecule has 0 saturated heterocycles. The molecule has 1 aliphatic carbocycles. The van der Waals surface area contributed by atoms with Crippen LogP contribution in [0.4, 0.5) is 0 Å². The van der Waals surface area contributed by atoms with Gasteiger partial charge in [-0.2, -0.15) is 0 Å². The normalized spacial score (nSPS) is 21.1. The summed E-state index contributed by atoms with van der Waals surface area (Å²) in [6.07, 6.45) is 3.20. The number of rotatable bonds is 7. The molecule has 1 aliphatic rings. The summed E-state index contributed by atoms with van der Waals surface area (Å²) in [6.45, 7) is 3.92. The minimum Gasteiger partial charge on any atom is -0.381 e. The van der Waals surface area contributed by atoms with Crippen LogP contribution in [-0.2, 0) is 21.4 Å². The highest BCUT2D eigenvalue weighted by atomic mass is 32.1. The molecule has 1 fully saturated rings. The van der Waals surface area contributed by atoms with Crippen molar-refractivity contribution in [3.05, 3.63) is 34.9 Å². The van der Waals surface area contributed by atoms with Gasteiger partial charge in [0.15, 0.2) is 10.9 Å². The molecule has 0 bridgehead atoms. The third kappa shape index (κ3) is 4.84. The Hall–Kier alpha value is -1.99. The topological polar surface area (TPSA) is 79.5 Å². The van der Waals surface area contributed by atoms with Gasteiger partial charge in [0.05, 0.1) is 6.10 Å². The van der Waals surface area contributed by atoms with E-state index in [4.69, 9.17) is 17.0 Å². The zero-order valence-corrected chi connectivity index (χ0v) is 17.3. The van der Waals surface area contributed by atoms with Crippen molar-refractivity contribution in [2.75, 3.05) is 14.2 Å². The Balaban J connectivity index is 2.27. The smallest absolute Gasteiger partial charge is 0.239 e. The van der Waals surface area contributed by atoms with Crippen LogP contribution in [0.2, 0.25) is 0 Å². The fourth-order valence-corrected chi connectivity index (χ4v) is 3.72. The maximum atomic E-state index is 12.5. The summed E-state index contributed by atoms with van der Waals surface area (Å²) in [6, 6.07) is 6.05. The summed E-state index contributed by atoms with van der Waals surface area (Å²) < 4.78 is 5.46. The number of hydrogen-bond acceptors (Lipinski definition) is 4. The Morgan fingerprint density at radius 1 is 1.26 bits per heavy atom. The highest BCUT2D eigenvalue weighted by Gasteiger charge is 2.47. The standard InChI is InChI=1S/C20H29N3O3S/c1-5-13-7-8-14(9-16(13)17(24)6-2)20(10-15(11-20)26-4)12-18(25)22-23-19(27)21-3/h7-9,15H,5-6,10-12H2,1-4H3,(H,22,25)(H2,21,23,27). The number of aryl methyl sites for hydroxylation is 1. The lowest BCUT2D eigenvalue weighted by atomic mass is 9.60. The van der Waals surface area contributed by atoms with Crippen LogP contribution in [0.3, 0.4) is 0 Å². The van der Waals surface area contributed by atoms with Gasteiger partial charge in [-0.25, -0.2) is 0 Å². The molecular weight excluding hydrogens is 362 g/mol. The summed E-state index contributed by atoms with van der Waals surface area (Å²) in [5.74, 6) is -0.0120. The van der Waals surface area contributed by atoms with E-state index in [0.29, 0.717) is 18.0 Å². The second kappa shape index (κ2) is 9.28. The number of benzene rings is 1. The van der Waals surface area contributed by atoms with Crippen molar-refractivity contribution < 1.29 is 14.3 Å². The maximum Gasteiger partial charge on any atom is 0.239 e. The molecule has 0 heterocycles. The van der Waals surface area contributed by atoms with Crippen LogP contribution in [-0.4, -0.2) is 37.1 Å². The van der Waals surface area contributed by atoms with E-state index < -0.39 is 0 Å². The number of carbonyl (C=O) groups is 2. The van der Waals surface area contributed by atoms with Gasteiger partial charge in [-0.15, -0.1) is 0 Å². The molecule has 148 valence electrons. The summed E-state index contributed by atoms with van der Waals surface area (Å²) in [5, 5.41) is 3.10. The lowest BCUT2D eigenvalue weighted by Crippen LogP contribution is -2.52. The monoisotopic (exact) mass is 391 g/mol. The molecule has 1 amide bonds. The molecule has 0 radical (unpaired) electrons. The number of amides is 1. The number of ketones is 1. The van der Waals surface area contributed by atoms with E-state index in [1.54, 1.807) is 14.2 Å². The van der Waals surface area contributed by atoms with Crippen molar-refractivity contribution in [3.8, 4) is 0 Å². The number of Topliss-reactive ketones (excluding diaryl/α,β-unsaturated/α-hetero) is 1. The fraction of sp³-hybridized carbons (Fsp3) is 0.550. The van der Waals surface area contributed by atoms with Gasteiger partial charge in [-0.1, -0.05) is 26.0 Å². The predicted octanol–water partition coefficient (Wildman–Crippen LogP) is 2.40. The van der Waals surface area contributed by atoms with Gasteiger partial charge in [-0.3, -0.25) is 20.4 Å². The van der Waals surface area contributed by atoms with Crippen molar-refractivity contribution in [2.45, 2.75) is 57.5 Å². The van der Waals surface area contributed by atoms with E-state index >= 15 is 0 Å². The number of hydrazine groups is 1. The van der Waals surface area contributed by atoms with Crippen LogP contribution >= 0.6 is 12.2 Å². The molecule has 3 N–H and O–H groups in total. The van der Waals surface area contributed by atoms with Gasteiger partial charge in [0.2, 0.25) is 5.91 Å². The number of hydrogen-bond donors (Lipinski definition) is 3. The Labute approximate surface area is 166 Å². The van der Waals surface area contributed by atoms with Crippen molar-refractivity contribution in [1.29, 1.82) is 0 Å². The van der Waals surface area contributed by atoms with Crippen molar-refractivity contribution in [2.24, 2.45) is 0 Å². The molecule has 27 heavy (non-hydrogen) atoms. The summed E-state index contributed by atoms with van der Waals surface area (Å²) in [5.41, 5.74) is 7.82. The molecule has 0 spiro atoms. The van der Waals surface area contributed by atoms with Gasteiger partial charge in [0, 0.05) is 38.0 Å². The van der Waals surface area contributed by atoms with E-state index in [-0.39, 0.29) is 23.2 Å². The molecular formula is C20H29N3O3S. The van der Waals surface area contributed by atoms with Crippen LogP contribution in [0.5, 0.6) is 0 Å². The zero-order valence-electron chi connectivity index (χ0n) is 16.5. The predicted molar refractivity (Wildman–Crippen MR) is 110 cm³/mol. The highest BCUT2D eigenvalue weighted by molar-refractivity contribution is 7.80. The van der Waals surface area contributed by atoms with Gasteiger partial charge in [0.1, 0.15) is 0 Å². The average molecular weight is 392 g/mol. The zero-order chi connectivity index (χ0) is 20.0. The van der Waals surface area contributed by atoms with Crippen LogP contribution < -0.4 is 16.2 Å². The van der Waals surface area contributed by atoms with Crippen LogP contribution in [0.1, 0.15) is 61.0 Å². The van der Waals surface area contributed by atoms with Gasteiger partial charge in [0.25, 0.3) is 0 Å². The number of methoxy groups -OCH3 is 1. The Morgan fingerprint density at radius 3 is 2.52 bits per heavy atom. The Morgan fingerprint density at radius 2 is 1.96 bits per heavy atom. The maximum absolute atomic E-state index is 12.5. The lowest BCUT2D eigenvalue weighted by molar-refractivity contribution is -0.125. The van der Waals surface area contributed by atoms with Gasteiger partial charge >= 0.3 is 0 Å². The van der Waals surface area contributed by atoms with Crippen molar-refractivity contribution in [3.63, 3.8) is 0 Å². The van der Waals surface area contributed by atoms with Crippen LogP contribution in [0.25, 0.3) is 0 Å². The fourth-order valence-electron chi connectivity index (χ4n) is 3.67. The van der Waals surface area contributed by atoms with Crippen molar-refractivity contribution in [1.82, 2.24) is 16.2 Å². The van der Waals surface area contributed by atoms with E-state index in [1.807, 2.05) is 26.0 Å². The van der Waals surface area contributed by atoms with Crippen LogP contribution in [0.15, 0.2) is 18.2 Å². The summed E-state index contributed by atoms with van der Waals surface area (Å²) >= 11 is 4.98. The first-order valence-electron chi connectivity index (χ1n) is 9.35. The molecule has 0 atom stereocenters. The van der Waals surface area contributed by atoms with E-state index in [9.17, 15) is 9.59 Å². The van der Waals surface area contributed by atoms with Gasteiger partial charge in [-0.05, 0) is 48.7 Å². The summed E-state index contributed by atoms with van der Waals surface area (Å²) in [4.78, 5) is 24.9.